The molecule has 0 unspecified atom stereocenters. The van der Waals surface area contributed by atoms with Gasteiger partial charge >= 0.3 is 17.9 Å². The predicted octanol–water partition coefficient (Wildman–Crippen LogP) is 7.25. The average molecular weight is 898 g/mol. The van der Waals surface area contributed by atoms with Gasteiger partial charge in [0.25, 0.3) is 0 Å². The maximum absolute atomic E-state index is 13.1. The molecule has 1 aromatic rings. The monoisotopic (exact) mass is 896 g/mol. The molecule has 0 aromatic heterocycles. The Hall–Kier alpha value is -2.73. The van der Waals surface area contributed by atoms with Gasteiger partial charge in [0.2, 0.25) is 0 Å². The molecule has 14 nitrogen and oxygen atoms in total. The summed E-state index contributed by atoms with van der Waals surface area (Å²) in [6.45, 7) is 14.9. The first kappa shape index (κ1) is 50.9. The molecule has 0 aliphatic carbocycles. The van der Waals surface area contributed by atoms with Crippen LogP contribution in [-0.2, 0) is 68.1 Å². The molecular weight excluding hydrogens is 828 g/mol. The number of halogens is 1. The van der Waals surface area contributed by atoms with Crippen LogP contribution in [-0.4, -0.2) is 117 Å². The smallest absolute Gasteiger partial charge is 0.321 e. The summed E-state index contributed by atoms with van der Waals surface area (Å²) in [6.07, 6.45) is -2.75. The highest BCUT2D eigenvalue weighted by molar-refractivity contribution is 6.74. The molecule has 3 aliphatic heterocycles. The van der Waals surface area contributed by atoms with Gasteiger partial charge in [-0.3, -0.25) is 19.2 Å². The van der Waals surface area contributed by atoms with E-state index in [1.165, 1.54) is 6.92 Å². The van der Waals surface area contributed by atoms with Gasteiger partial charge in [0.1, 0.15) is 48.8 Å². The summed E-state index contributed by atoms with van der Waals surface area (Å²) in [5.74, 6) is -2.62. The number of aliphatic hydroxyl groups excluding tert-OH is 1. The zero-order valence-electron chi connectivity index (χ0n) is 37.2. The third-order valence-electron chi connectivity index (χ3n) is 11.7. The van der Waals surface area contributed by atoms with Crippen LogP contribution in [0.3, 0.4) is 0 Å². The summed E-state index contributed by atoms with van der Waals surface area (Å²) < 4.78 is 57.8. The first-order valence-corrected chi connectivity index (χ1v) is 25.3. The van der Waals surface area contributed by atoms with E-state index >= 15 is 0 Å². The van der Waals surface area contributed by atoms with Crippen LogP contribution in [0.25, 0.3) is 0 Å². The van der Waals surface area contributed by atoms with Crippen LogP contribution in [0.4, 0.5) is 0 Å². The first-order chi connectivity index (χ1) is 28.9. The topological polar surface area (TPSA) is 172 Å². The lowest BCUT2D eigenvalue weighted by Gasteiger charge is -2.50. The number of cyclic esters (lactones) is 1. The van der Waals surface area contributed by atoms with Crippen LogP contribution in [0.5, 0.6) is 0 Å². The van der Waals surface area contributed by atoms with Gasteiger partial charge in [-0.1, -0.05) is 89.4 Å². The average Bonchev–Trinajstić information content (AvgIpc) is 3.20. The minimum absolute atomic E-state index is 0.0125. The minimum atomic E-state index is -2.76. The third kappa shape index (κ3) is 15.5. The fraction of sp³-hybridized carbons (Fsp3) is 0.733. The van der Waals surface area contributed by atoms with Crippen molar-refractivity contribution in [3.63, 3.8) is 0 Å². The molecule has 16 heteroatoms. The molecule has 0 saturated carbocycles. The Labute approximate surface area is 367 Å². The van der Waals surface area contributed by atoms with Gasteiger partial charge in [-0.2, -0.15) is 0 Å². The zero-order valence-corrected chi connectivity index (χ0v) is 39.0. The van der Waals surface area contributed by atoms with Gasteiger partial charge in [0, 0.05) is 19.8 Å². The van der Waals surface area contributed by atoms with Gasteiger partial charge in [0.05, 0.1) is 25.2 Å². The number of ketones is 1. The number of rotatable bonds is 12. The van der Waals surface area contributed by atoms with E-state index in [0.717, 1.165) is 24.8 Å². The Balaban J connectivity index is 1.88. The summed E-state index contributed by atoms with van der Waals surface area (Å²) in [7, 11) is -2.76. The van der Waals surface area contributed by atoms with Crippen LogP contribution in [0, 0.1) is 0 Å². The molecule has 0 amide bonds. The summed E-state index contributed by atoms with van der Waals surface area (Å²) in [5.41, 5.74) is 0.840. The Morgan fingerprint density at radius 1 is 0.902 bits per heavy atom. The third-order valence-corrected chi connectivity index (χ3v) is 16.4. The van der Waals surface area contributed by atoms with Crippen molar-refractivity contribution >= 4 is 43.6 Å². The van der Waals surface area contributed by atoms with Crippen molar-refractivity contribution in [2.24, 2.45) is 0 Å². The molecule has 2 saturated heterocycles. The van der Waals surface area contributed by atoms with Crippen molar-refractivity contribution in [3.05, 3.63) is 48.0 Å². The van der Waals surface area contributed by atoms with Gasteiger partial charge in [-0.05, 0) is 56.3 Å². The summed E-state index contributed by atoms with van der Waals surface area (Å²) in [6, 6.07) is 9.47. The zero-order chi connectivity index (χ0) is 44.7. The van der Waals surface area contributed by atoms with Crippen molar-refractivity contribution < 1.29 is 66.6 Å². The van der Waals surface area contributed by atoms with Gasteiger partial charge in [-0.15, -0.1) is 11.6 Å². The molecule has 3 heterocycles. The standard InChI is InChI=1S/C45H69ClO14Si/c1-9-10-14-22-33-23-18-12-11-17-21-32(48)24-25-35(49)52-28-34-37(51)39(60-61(7,8)45(4,5)6)41(58-36(50)26-46)44(57-34)59-42-40(53-27-31-19-15-13-16-20-31)38(55-30(3)47)29(2)54-43(42)56-33/h12-13,15-16,18-20,29,33-34,37-44,51H,9-11,14,17,21-28H2,1-8H3/b18-12+/t29-,33+,34-,37-,38+,39+,40+,41-,42-,43+,44+/m1/s1. The van der Waals surface area contributed by atoms with Gasteiger partial charge in [-0.25, -0.2) is 0 Å². The van der Waals surface area contributed by atoms with Crippen LogP contribution in [0.15, 0.2) is 42.5 Å². The highest BCUT2D eigenvalue weighted by Crippen LogP contribution is 2.41. The molecule has 1 N–H and O–H groups in total. The molecule has 2 fully saturated rings. The molecular formula is C45H69ClO14Si. The molecule has 1 aromatic carbocycles. The quantitative estimate of drug-likeness (QED) is 0.0556. The Kier molecular flexibility index (Phi) is 20.3. The van der Waals surface area contributed by atoms with E-state index < -0.39 is 100 Å². The van der Waals surface area contributed by atoms with E-state index in [1.54, 1.807) is 6.92 Å². The van der Waals surface area contributed by atoms with Crippen molar-refractivity contribution in [2.75, 3.05) is 12.5 Å². The lowest BCUT2D eigenvalue weighted by molar-refractivity contribution is -0.372. The number of aliphatic hydroxyl groups is 1. The number of carbonyl (C=O) groups is 4. The summed E-state index contributed by atoms with van der Waals surface area (Å²) in [4.78, 5) is 51.5. The lowest BCUT2D eigenvalue weighted by atomic mass is 9.96. The molecule has 0 spiro atoms. The fourth-order valence-electron chi connectivity index (χ4n) is 7.24. The number of hydrogen-bond donors (Lipinski definition) is 1. The van der Waals surface area contributed by atoms with Crippen molar-refractivity contribution in [2.45, 2.75) is 198 Å². The molecule has 3 aliphatic rings. The fourth-order valence-corrected chi connectivity index (χ4v) is 8.61. The van der Waals surface area contributed by atoms with E-state index in [2.05, 4.69) is 6.92 Å². The maximum atomic E-state index is 13.1. The van der Waals surface area contributed by atoms with E-state index in [9.17, 15) is 24.3 Å². The minimum Gasteiger partial charge on any atom is -0.463 e. The normalized spacial score (nSPS) is 31.9. The number of alkyl halides is 1. The van der Waals surface area contributed by atoms with Crippen molar-refractivity contribution in [1.29, 1.82) is 0 Å². The molecule has 2 bridgehead atoms. The number of esters is 3. The van der Waals surface area contributed by atoms with Gasteiger partial charge < -0.3 is 47.4 Å². The maximum Gasteiger partial charge on any atom is 0.321 e. The number of fused-ring (bicyclic) bond motifs is 3. The Morgan fingerprint density at radius 3 is 2.31 bits per heavy atom. The van der Waals surface area contributed by atoms with Crippen LogP contribution >= 0.6 is 11.6 Å². The van der Waals surface area contributed by atoms with E-state index in [1.807, 2.05) is 76.3 Å². The molecule has 0 radical (unpaired) electrons. The van der Waals surface area contributed by atoms with E-state index in [0.29, 0.717) is 32.1 Å². The molecule has 344 valence electrons. The van der Waals surface area contributed by atoms with Crippen LogP contribution in [0.2, 0.25) is 18.1 Å². The van der Waals surface area contributed by atoms with E-state index in [4.69, 9.17) is 53.9 Å². The number of Topliss-reactive ketones (excluding diaryl/α,β-unsaturated/α-hetero) is 1. The number of carbonyl (C=O) groups excluding carboxylic acids is 4. The summed E-state index contributed by atoms with van der Waals surface area (Å²) >= 11 is 6.01. The van der Waals surface area contributed by atoms with Gasteiger partial charge in [0.15, 0.2) is 33.1 Å². The van der Waals surface area contributed by atoms with E-state index in [-0.39, 0.29) is 36.4 Å². The Bertz CT molecular complexity index is 1570. The molecule has 61 heavy (non-hydrogen) atoms. The second kappa shape index (κ2) is 24.4. The molecule has 4 rings (SSSR count). The second-order valence-electron chi connectivity index (χ2n) is 17.7. The van der Waals surface area contributed by atoms with Crippen molar-refractivity contribution in [1.82, 2.24) is 0 Å². The number of allylic oxidation sites excluding steroid dienone is 1. The first-order valence-electron chi connectivity index (χ1n) is 21.8. The number of ether oxygens (including phenoxy) is 8. The number of benzene rings is 1. The molecule has 11 atom stereocenters. The predicted molar refractivity (Wildman–Crippen MR) is 229 cm³/mol. The summed E-state index contributed by atoms with van der Waals surface area (Å²) in [5, 5.41) is 11.7. The Morgan fingerprint density at radius 2 is 1.64 bits per heavy atom. The largest absolute Gasteiger partial charge is 0.463 e. The van der Waals surface area contributed by atoms with Crippen LogP contribution in [0.1, 0.15) is 111 Å². The van der Waals surface area contributed by atoms with Crippen LogP contribution < -0.4 is 0 Å². The number of unbranched alkanes of at least 4 members (excludes halogenated alkanes) is 2. The van der Waals surface area contributed by atoms with Crippen molar-refractivity contribution in [3.8, 4) is 0 Å². The highest BCUT2D eigenvalue weighted by Gasteiger charge is 2.56. The SMILES string of the molecule is CCCCC[C@H]1C/C=C/CCCC(=O)CCC(=O)OC[C@H]2O[C@@H](O[C@H]3[C@H](O1)O[C@H](C)[C@H](OC(C)=O)[C@@H]3OCc1ccccc1)[C@H](OC(=O)CCl)[C@@H](O[Si](C)(C)C(C)(C)C)[C@@H]2O. The second-order valence-corrected chi connectivity index (χ2v) is 22.7. The highest BCUT2D eigenvalue weighted by atomic mass is 35.5. The lowest BCUT2D eigenvalue weighted by Crippen LogP contribution is -2.67. The number of hydrogen-bond acceptors (Lipinski definition) is 14.